The summed E-state index contributed by atoms with van der Waals surface area (Å²) in [7, 11) is -0.454. The van der Waals surface area contributed by atoms with Crippen LogP contribution in [0.15, 0.2) is 0 Å². The van der Waals surface area contributed by atoms with Gasteiger partial charge in [0.1, 0.15) is 0 Å². The number of carboxylic acids is 1. The van der Waals surface area contributed by atoms with Gasteiger partial charge in [-0.3, -0.25) is 0 Å². The molecular formula is C13H31F3O3SSi. The van der Waals surface area contributed by atoms with Crippen molar-refractivity contribution in [2.45, 2.75) is 64.3 Å². The number of carboxylic acid groups (broad SMARTS) is 1. The van der Waals surface area contributed by atoms with Crippen LogP contribution in [0.25, 0.3) is 0 Å². The lowest BCUT2D eigenvalue weighted by atomic mass is 10.5. The third kappa shape index (κ3) is 19.8. The van der Waals surface area contributed by atoms with Crippen LogP contribution in [0.5, 0.6) is 0 Å². The number of halogens is 3. The molecule has 0 saturated carbocycles. The summed E-state index contributed by atoms with van der Waals surface area (Å²) in [4.78, 5) is 8.90. The topological polar surface area (TPSA) is 68.8 Å². The fraction of sp³-hybridized carbons (Fsp3) is 0.923. The van der Waals surface area contributed by atoms with Crippen LogP contribution >= 0.6 is 11.8 Å². The summed E-state index contributed by atoms with van der Waals surface area (Å²) in [6.45, 7) is 14.3. The van der Waals surface area contributed by atoms with Crippen LogP contribution < -0.4 is 0 Å². The first-order chi connectivity index (χ1) is 8.82. The molecule has 0 fully saturated rings. The summed E-state index contributed by atoms with van der Waals surface area (Å²) in [5, 5.41) is 7.12. The van der Waals surface area contributed by atoms with E-state index in [1.165, 1.54) is 0 Å². The number of thioether (sulfide) groups is 1. The molecule has 3 nitrogen and oxygen atoms in total. The van der Waals surface area contributed by atoms with Crippen LogP contribution in [-0.2, 0) is 4.79 Å². The van der Waals surface area contributed by atoms with E-state index in [9.17, 15) is 13.2 Å². The zero-order valence-electron chi connectivity index (χ0n) is 14.2. The Labute approximate surface area is 132 Å². The molecule has 0 spiro atoms. The minimum Gasteiger partial charge on any atom is -0.475 e. The predicted octanol–water partition coefficient (Wildman–Crippen LogP) is 4.23. The summed E-state index contributed by atoms with van der Waals surface area (Å²) >= 11 is 1.75. The lowest BCUT2D eigenvalue weighted by Gasteiger charge is -2.26. The summed E-state index contributed by atoms with van der Waals surface area (Å²) in [5.41, 5.74) is 2.92. The molecule has 0 amide bonds. The zero-order chi connectivity index (χ0) is 17.1. The van der Waals surface area contributed by atoms with Crippen LogP contribution in [0, 0.1) is 0 Å². The van der Waals surface area contributed by atoms with E-state index in [2.05, 4.69) is 41.5 Å². The highest BCUT2D eigenvalue weighted by molar-refractivity contribution is 7.97. The molecule has 0 aliphatic heterocycles. The Hall–Kier alpha value is -0.213. The Morgan fingerprint density at radius 3 is 1.10 bits per heavy atom. The summed E-state index contributed by atoms with van der Waals surface area (Å²) in [5.74, 6) is -2.76. The van der Waals surface area contributed by atoms with Gasteiger partial charge in [-0.15, -0.1) is 0 Å². The molecular weight excluding hydrogens is 321 g/mol. The fourth-order valence-electron chi connectivity index (χ4n) is 2.31. The third-order valence-electron chi connectivity index (χ3n) is 2.55. The van der Waals surface area contributed by atoms with Crippen molar-refractivity contribution in [1.82, 2.24) is 0 Å². The Kier molecular flexibility index (Phi) is 20.2. The molecule has 0 aliphatic carbocycles. The molecule has 0 heterocycles. The number of rotatable bonds is 3. The summed E-state index contributed by atoms with van der Waals surface area (Å²) in [6, 6.07) is 0. The van der Waals surface area contributed by atoms with Crippen molar-refractivity contribution in [3.63, 3.8) is 0 Å². The molecule has 3 N–H and O–H groups in total. The van der Waals surface area contributed by atoms with Crippen molar-refractivity contribution in [3.8, 4) is 0 Å². The van der Waals surface area contributed by atoms with Crippen LogP contribution in [0.4, 0.5) is 13.2 Å². The van der Waals surface area contributed by atoms with Gasteiger partial charge in [0.2, 0.25) is 0 Å². The molecule has 0 rings (SSSR count). The third-order valence-corrected chi connectivity index (χ3v) is 7.17. The van der Waals surface area contributed by atoms with Gasteiger partial charge in [-0.25, -0.2) is 4.79 Å². The van der Waals surface area contributed by atoms with E-state index in [4.69, 9.17) is 9.90 Å². The van der Waals surface area contributed by atoms with Gasteiger partial charge in [0, 0.05) is 8.80 Å². The van der Waals surface area contributed by atoms with Gasteiger partial charge in [-0.05, 0) is 12.5 Å². The molecule has 0 saturated heterocycles. The number of hydrogen-bond donors (Lipinski definition) is 1. The van der Waals surface area contributed by atoms with Gasteiger partial charge in [0.25, 0.3) is 0 Å². The second kappa shape index (κ2) is 14.7. The smallest absolute Gasteiger partial charge is 0.475 e. The van der Waals surface area contributed by atoms with E-state index in [-0.39, 0.29) is 5.48 Å². The molecule has 0 unspecified atom stereocenters. The first-order valence-corrected chi connectivity index (χ1v) is 10.2. The van der Waals surface area contributed by atoms with Crippen molar-refractivity contribution in [2.75, 3.05) is 12.5 Å². The fourth-order valence-corrected chi connectivity index (χ4v) is 6.93. The molecule has 0 radical (unpaired) electrons. The molecule has 132 valence electrons. The monoisotopic (exact) mass is 352 g/mol. The molecule has 0 aromatic carbocycles. The van der Waals surface area contributed by atoms with Gasteiger partial charge in [-0.1, -0.05) is 58.2 Å². The minimum absolute atomic E-state index is 0. The van der Waals surface area contributed by atoms with Crippen molar-refractivity contribution in [1.29, 1.82) is 0 Å². The van der Waals surface area contributed by atoms with Crippen molar-refractivity contribution in [3.05, 3.63) is 0 Å². The van der Waals surface area contributed by atoms with E-state index in [0.717, 1.165) is 16.6 Å². The van der Waals surface area contributed by atoms with Gasteiger partial charge < -0.3 is 10.6 Å². The second-order valence-electron chi connectivity index (χ2n) is 5.52. The van der Waals surface area contributed by atoms with Gasteiger partial charge >= 0.3 is 12.1 Å². The van der Waals surface area contributed by atoms with Gasteiger partial charge in [0.15, 0.2) is 0 Å². The van der Waals surface area contributed by atoms with Crippen LogP contribution in [0.3, 0.4) is 0 Å². The Balaban J connectivity index is -0.000000115. The van der Waals surface area contributed by atoms with Crippen LogP contribution in [-0.4, -0.2) is 44.0 Å². The molecule has 0 aliphatic rings. The average Bonchev–Trinajstić information content (AvgIpc) is 2.15. The van der Waals surface area contributed by atoms with E-state index >= 15 is 0 Å². The number of aliphatic carboxylic acids is 1. The molecule has 0 aromatic heterocycles. The van der Waals surface area contributed by atoms with E-state index in [1.54, 1.807) is 11.8 Å². The van der Waals surface area contributed by atoms with Crippen LogP contribution in [0.1, 0.15) is 41.5 Å². The highest BCUT2D eigenvalue weighted by atomic mass is 32.2. The highest BCUT2D eigenvalue weighted by Gasteiger charge is 2.38. The van der Waals surface area contributed by atoms with E-state index in [0.29, 0.717) is 0 Å². The molecule has 0 bridgehead atoms. The van der Waals surface area contributed by atoms with Crippen molar-refractivity contribution < 1.29 is 28.5 Å². The standard InChI is InChI=1S/C9H22Si.C2HF3O2.C2H6S.H2O/c1-7(2)10(8(3)4)9(5)6;3-2(4,5)1(6)7;1-3-2;/h7-10H,1-6H3;(H,6,7);1-2H3;1H2. The largest absolute Gasteiger partial charge is 0.490 e. The van der Waals surface area contributed by atoms with Crippen molar-refractivity contribution in [2.24, 2.45) is 0 Å². The van der Waals surface area contributed by atoms with E-state index < -0.39 is 20.9 Å². The Morgan fingerprint density at radius 1 is 0.952 bits per heavy atom. The number of alkyl halides is 3. The molecule has 8 heteroatoms. The van der Waals surface area contributed by atoms with Crippen molar-refractivity contribution >= 4 is 26.5 Å². The number of hydrogen-bond acceptors (Lipinski definition) is 2. The second-order valence-corrected chi connectivity index (χ2v) is 11.5. The molecule has 21 heavy (non-hydrogen) atoms. The normalized spacial score (nSPS) is 10.6. The molecule has 0 aromatic rings. The first kappa shape index (κ1) is 28.9. The molecule has 0 atom stereocenters. The van der Waals surface area contributed by atoms with Gasteiger partial charge in [-0.2, -0.15) is 24.9 Å². The minimum atomic E-state index is -5.08. The maximum atomic E-state index is 10.6. The SMILES string of the molecule is CC(C)[SiH](C(C)C)C(C)C.CSC.O.O=C(O)C(F)(F)F. The Morgan fingerprint density at radius 2 is 1.10 bits per heavy atom. The maximum absolute atomic E-state index is 10.6. The lowest BCUT2D eigenvalue weighted by Crippen LogP contribution is -2.24. The average molecular weight is 353 g/mol. The van der Waals surface area contributed by atoms with Crippen LogP contribution in [0.2, 0.25) is 16.6 Å². The number of carbonyl (C=O) groups is 1. The van der Waals surface area contributed by atoms with Gasteiger partial charge in [0.05, 0.1) is 0 Å². The summed E-state index contributed by atoms with van der Waals surface area (Å²) in [6.07, 6.45) is -1.00. The highest BCUT2D eigenvalue weighted by Crippen LogP contribution is 2.29. The zero-order valence-corrected chi connectivity index (χ0v) is 16.2. The quantitative estimate of drug-likeness (QED) is 0.773. The first-order valence-electron chi connectivity index (χ1n) is 6.53. The lowest BCUT2D eigenvalue weighted by molar-refractivity contribution is -0.192. The summed E-state index contributed by atoms with van der Waals surface area (Å²) < 4.78 is 31.7. The predicted molar refractivity (Wildman–Crippen MR) is 89.2 cm³/mol. The van der Waals surface area contributed by atoms with E-state index in [1.807, 2.05) is 12.5 Å². The Bertz CT molecular complexity index is 228. The maximum Gasteiger partial charge on any atom is 0.490 e.